The molecule has 1 fully saturated rings. The Morgan fingerprint density at radius 2 is 2.11 bits per heavy atom. The van der Waals surface area contributed by atoms with Gasteiger partial charge in [-0.05, 0) is 37.5 Å². The van der Waals surface area contributed by atoms with Gasteiger partial charge in [-0.3, -0.25) is 0 Å². The molecule has 0 aromatic heterocycles. The molecule has 2 rings (SSSR count). The zero-order valence-electron chi connectivity index (χ0n) is 10.4. The summed E-state index contributed by atoms with van der Waals surface area (Å²) < 4.78 is 26.2. The van der Waals surface area contributed by atoms with Gasteiger partial charge in [0.05, 0.1) is 16.3 Å². The third kappa shape index (κ3) is 2.76. The topological polar surface area (TPSA) is 84.2 Å². The fourth-order valence-corrected chi connectivity index (χ4v) is 2.94. The maximum Gasteiger partial charge on any atom is 0.240 e. The molecule has 1 aromatic rings. The number of nitrogens with two attached hydrogens (primary N) is 1. The van der Waals surface area contributed by atoms with E-state index in [-0.39, 0.29) is 4.90 Å². The molecule has 0 unspecified atom stereocenters. The minimum atomic E-state index is -3.42. The van der Waals surface area contributed by atoms with Gasteiger partial charge in [-0.15, -0.1) is 0 Å². The molecule has 1 aliphatic rings. The van der Waals surface area contributed by atoms with E-state index >= 15 is 0 Å². The molecule has 0 amide bonds. The SMILES string of the molecule is CCNS(=O)(=O)c1ccc(N)c(NC2CCC2)c1. The first-order valence-corrected chi connectivity index (χ1v) is 7.67. The molecule has 0 heterocycles. The second kappa shape index (κ2) is 5.16. The molecule has 6 heteroatoms. The van der Waals surface area contributed by atoms with Crippen LogP contribution >= 0.6 is 0 Å². The molecule has 5 nitrogen and oxygen atoms in total. The van der Waals surface area contributed by atoms with Gasteiger partial charge in [-0.25, -0.2) is 13.1 Å². The van der Waals surface area contributed by atoms with Gasteiger partial charge in [0.2, 0.25) is 10.0 Å². The number of benzene rings is 1. The molecular weight excluding hydrogens is 250 g/mol. The van der Waals surface area contributed by atoms with E-state index in [0.717, 1.165) is 12.8 Å². The number of anilines is 2. The fourth-order valence-electron chi connectivity index (χ4n) is 1.87. The average molecular weight is 269 g/mol. The van der Waals surface area contributed by atoms with Crippen LogP contribution in [-0.2, 0) is 10.0 Å². The van der Waals surface area contributed by atoms with Crippen LogP contribution in [0.15, 0.2) is 23.1 Å². The summed E-state index contributed by atoms with van der Waals surface area (Å²) >= 11 is 0. The van der Waals surface area contributed by atoms with Crippen molar-refractivity contribution in [2.75, 3.05) is 17.6 Å². The van der Waals surface area contributed by atoms with Gasteiger partial charge in [0, 0.05) is 12.6 Å². The van der Waals surface area contributed by atoms with Crippen molar-refractivity contribution in [2.24, 2.45) is 0 Å². The lowest BCUT2D eigenvalue weighted by atomic mass is 9.93. The highest BCUT2D eigenvalue weighted by molar-refractivity contribution is 7.89. The van der Waals surface area contributed by atoms with Crippen LogP contribution in [0.25, 0.3) is 0 Å². The molecule has 0 aliphatic heterocycles. The number of hydrogen-bond donors (Lipinski definition) is 3. The van der Waals surface area contributed by atoms with E-state index in [1.165, 1.54) is 12.5 Å². The van der Waals surface area contributed by atoms with Gasteiger partial charge in [-0.2, -0.15) is 0 Å². The Bertz CT molecular complexity index is 524. The molecule has 0 bridgehead atoms. The lowest BCUT2D eigenvalue weighted by Gasteiger charge is -2.28. The van der Waals surface area contributed by atoms with Crippen molar-refractivity contribution in [3.63, 3.8) is 0 Å². The quantitative estimate of drug-likeness (QED) is 0.708. The lowest BCUT2D eigenvalue weighted by Crippen LogP contribution is -2.28. The summed E-state index contributed by atoms with van der Waals surface area (Å²) in [4.78, 5) is 0.250. The smallest absolute Gasteiger partial charge is 0.240 e. The highest BCUT2D eigenvalue weighted by Gasteiger charge is 2.19. The molecule has 0 saturated heterocycles. The van der Waals surface area contributed by atoms with E-state index in [0.29, 0.717) is 24.0 Å². The fraction of sp³-hybridized carbons (Fsp3) is 0.500. The van der Waals surface area contributed by atoms with Crippen LogP contribution in [0.4, 0.5) is 11.4 Å². The Morgan fingerprint density at radius 1 is 1.39 bits per heavy atom. The van der Waals surface area contributed by atoms with Crippen LogP contribution in [0.5, 0.6) is 0 Å². The molecule has 18 heavy (non-hydrogen) atoms. The maximum atomic E-state index is 11.9. The molecule has 100 valence electrons. The molecule has 1 aliphatic carbocycles. The van der Waals surface area contributed by atoms with Crippen LogP contribution in [0.3, 0.4) is 0 Å². The van der Waals surface area contributed by atoms with Crippen molar-refractivity contribution in [1.82, 2.24) is 4.72 Å². The summed E-state index contributed by atoms with van der Waals surface area (Å²) in [5, 5.41) is 3.28. The van der Waals surface area contributed by atoms with Gasteiger partial charge in [0.25, 0.3) is 0 Å². The molecule has 4 N–H and O–H groups in total. The Hall–Kier alpha value is -1.27. The molecule has 1 saturated carbocycles. The Morgan fingerprint density at radius 3 is 2.67 bits per heavy atom. The predicted molar refractivity (Wildman–Crippen MR) is 73.0 cm³/mol. The van der Waals surface area contributed by atoms with Crippen molar-refractivity contribution in [3.8, 4) is 0 Å². The van der Waals surface area contributed by atoms with Crippen molar-refractivity contribution >= 4 is 21.4 Å². The maximum absolute atomic E-state index is 11.9. The van der Waals surface area contributed by atoms with Crippen molar-refractivity contribution < 1.29 is 8.42 Å². The molecule has 0 spiro atoms. The summed E-state index contributed by atoms with van der Waals surface area (Å²) in [6.45, 7) is 2.13. The average Bonchev–Trinajstić information content (AvgIpc) is 2.25. The molecular formula is C12H19N3O2S. The highest BCUT2D eigenvalue weighted by atomic mass is 32.2. The number of nitrogens with one attached hydrogen (secondary N) is 2. The van der Waals surface area contributed by atoms with E-state index < -0.39 is 10.0 Å². The van der Waals surface area contributed by atoms with Crippen molar-refractivity contribution in [2.45, 2.75) is 37.1 Å². The third-order valence-electron chi connectivity index (χ3n) is 3.13. The summed E-state index contributed by atoms with van der Waals surface area (Å²) in [6.07, 6.45) is 3.44. The van der Waals surface area contributed by atoms with Gasteiger partial charge < -0.3 is 11.1 Å². The van der Waals surface area contributed by atoms with E-state index in [9.17, 15) is 8.42 Å². The first-order valence-electron chi connectivity index (χ1n) is 6.18. The van der Waals surface area contributed by atoms with Crippen molar-refractivity contribution in [1.29, 1.82) is 0 Å². The standard InChI is InChI=1S/C12H19N3O2S/c1-2-14-18(16,17)10-6-7-11(13)12(8-10)15-9-4-3-5-9/h6-9,14-15H,2-5,13H2,1H3. The summed E-state index contributed by atoms with van der Waals surface area (Å²) in [6, 6.07) is 5.18. The van der Waals surface area contributed by atoms with Crippen LogP contribution < -0.4 is 15.8 Å². The number of hydrogen-bond acceptors (Lipinski definition) is 4. The van der Waals surface area contributed by atoms with Crippen LogP contribution in [0.2, 0.25) is 0 Å². The number of sulfonamides is 1. The zero-order valence-corrected chi connectivity index (χ0v) is 11.3. The molecule has 1 aromatic carbocycles. The summed E-state index contributed by atoms with van der Waals surface area (Å²) in [7, 11) is -3.42. The zero-order chi connectivity index (χ0) is 13.2. The number of nitrogen functional groups attached to an aromatic ring is 1. The third-order valence-corrected chi connectivity index (χ3v) is 4.68. The van der Waals surface area contributed by atoms with Gasteiger partial charge >= 0.3 is 0 Å². The second-order valence-corrected chi connectivity index (χ2v) is 6.29. The first kappa shape index (κ1) is 13.2. The number of rotatable bonds is 5. The Balaban J connectivity index is 2.25. The van der Waals surface area contributed by atoms with E-state index in [2.05, 4.69) is 10.0 Å². The van der Waals surface area contributed by atoms with Crippen LogP contribution in [0, 0.1) is 0 Å². The molecule has 0 radical (unpaired) electrons. The first-order chi connectivity index (χ1) is 8.53. The van der Waals surface area contributed by atoms with E-state index in [1.54, 1.807) is 19.1 Å². The lowest BCUT2D eigenvalue weighted by molar-refractivity contribution is 0.445. The summed E-state index contributed by atoms with van der Waals surface area (Å²) in [5.74, 6) is 0. The monoisotopic (exact) mass is 269 g/mol. The van der Waals surface area contributed by atoms with Crippen LogP contribution in [-0.4, -0.2) is 21.0 Å². The Kier molecular flexibility index (Phi) is 3.77. The highest BCUT2D eigenvalue weighted by Crippen LogP contribution is 2.28. The normalized spacial score (nSPS) is 16.3. The summed E-state index contributed by atoms with van der Waals surface area (Å²) in [5.41, 5.74) is 7.14. The van der Waals surface area contributed by atoms with E-state index in [1.807, 2.05) is 0 Å². The van der Waals surface area contributed by atoms with Gasteiger partial charge in [-0.1, -0.05) is 6.92 Å². The minimum Gasteiger partial charge on any atom is -0.397 e. The predicted octanol–water partition coefficient (Wildman–Crippen LogP) is 1.53. The largest absolute Gasteiger partial charge is 0.397 e. The van der Waals surface area contributed by atoms with Gasteiger partial charge in [0.1, 0.15) is 0 Å². The van der Waals surface area contributed by atoms with Crippen LogP contribution in [0.1, 0.15) is 26.2 Å². The Labute approximate surface area is 108 Å². The van der Waals surface area contributed by atoms with E-state index in [4.69, 9.17) is 5.73 Å². The molecule has 0 atom stereocenters. The second-order valence-electron chi connectivity index (χ2n) is 4.52. The minimum absolute atomic E-state index is 0.250. The van der Waals surface area contributed by atoms with Crippen molar-refractivity contribution in [3.05, 3.63) is 18.2 Å². The van der Waals surface area contributed by atoms with Gasteiger partial charge in [0.15, 0.2) is 0 Å².